The van der Waals surface area contributed by atoms with Crippen LogP contribution in [0, 0.1) is 20.8 Å². The first-order valence-corrected chi connectivity index (χ1v) is 8.32. The van der Waals surface area contributed by atoms with Crippen molar-refractivity contribution in [2.24, 2.45) is 0 Å². The quantitative estimate of drug-likeness (QED) is 0.789. The largest absolute Gasteiger partial charge is 0.442 e. The highest BCUT2D eigenvalue weighted by molar-refractivity contribution is 7.13. The lowest BCUT2D eigenvalue weighted by Gasteiger charge is -2.13. The fraction of sp³-hybridized carbons (Fsp3) is 0.235. The molecule has 24 heavy (non-hydrogen) atoms. The van der Waals surface area contributed by atoms with E-state index < -0.39 is 5.76 Å². The van der Waals surface area contributed by atoms with Crippen LogP contribution in [-0.4, -0.2) is 15.6 Å². The van der Waals surface area contributed by atoms with Crippen molar-refractivity contribution in [3.8, 4) is 10.7 Å². The van der Waals surface area contributed by atoms with E-state index in [-0.39, 0.29) is 12.5 Å². The molecule has 0 spiro atoms. The van der Waals surface area contributed by atoms with E-state index in [1.165, 1.54) is 15.9 Å². The molecule has 0 bridgehead atoms. The molecular weight excluding hydrogens is 326 g/mol. The lowest BCUT2D eigenvalue weighted by atomic mass is 10.1. The molecule has 124 valence electrons. The minimum atomic E-state index is -0.647. The van der Waals surface area contributed by atoms with Crippen LogP contribution in [0.2, 0.25) is 0 Å². The van der Waals surface area contributed by atoms with Crippen molar-refractivity contribution in [2.45, 2.75) is 27.3 Å². The van der Waals surface area contributed by atoms with E-state index in [0.717, 1.165) is 27.3 Å². The van der Waals surface area contributed by atoms with E-state index in [0.29, 0.717) is 5.82 Å². The predicted molar refractivity (Wildman–Crippen MR) is 93.4 cm³/mol. The van der Waals surface area contributed by atoms with Gasteiger partial charge in [-0.2, -0.15) is 0 Å². The average molecular weight is 343 g/mol. The smallest absolute Gasteiger partial charge is 0.324 e. The molecule has 3 rings (SSSR count). The van der Waals surface area contributed by atoms with Gasteiger partial charge in [0.2, 0.25) is 5.91 Å². The number of aryl methyl sites for hydroxylation is 3. The molecule has 0 fully saturated rings. The van der Waals surface area contributed by atoms with Crippen LogP contribution in [-0.2, 0) is 11.3 Å². The van der Waals surface area contributed by atoms with Gasteiger partial charge in [-0.15, -0.1) is 11.3 Å². The Bertz CT molecular complexity index is 915. The summed E-state index contributed by atoms with van der Waals surface area (Å²) in [5, 5.41) is 8.52. The van der Waals surface area contributed by atoms with Crippen LogP contribution in [0.1, 0.15) is 16.7 Å². The minimum absolute atomic E-state index is 0.150. The van der Waals surface area contributed by atoms with Gasteiger partial charge >= 0.3 is 5.76 Å². The van der Waals surface area contributed by atoms with Crippen molar-refractivity contribution in [1.29, 1.82) is 0 Å². The van der Waals surface area contributed by atoms with Crippen LogP contribution < -0.4 is 11.1 Å². The number of aromatic nitrogens is 2. The summed E-state index contributed by atoms with van der Waals surface area (Å²) in [6.45, 7) is 5.74. The van der Waals surface area contributed by atoms with Gasteiger partial charge in [-0.05, 0) is 43.3 Å². The highest BCUT2D eigenvalue weighted by Gasteiger charge is 2.17. The first-order chi connectivity index (χ1) is 11.5. The van der Waals surface area contributed by atoms with Crippen molar-refractivity contribution >= 4 is 22.9 Å². The molecule has 3 aromatic rings. The lowest BCUT2D eigenvalue weighted by molar-refractivity contribution is -0.116. The molecule has 0 saturated heterocycles. The Morgan fingerprint density at radius 1 is 1.29 bits per heavy atom. The summed E-state index contributed by atoms with van der Waals surface area (Å²) < 4.78 is 5.95. The molecule has 1 amide bonds. The van der Waals surface area contributed by atoms with Crippen molar-refractivity contribution < 1.29 is 9.32 Å². The first kappa shape index (κ1) is 16.2. The number of thiophene rings is 1. The Kier molecular flexibility index (Phi) is 4.35. The number of hydrogen-bond acceptors (Lipinski definition) is 5. The number of benzene rings is 1. The molecule has 2 heterocycles. The normalized spacial score (nSPS) is 10.8. The number of nitrogens with one attached hydrogen (secondary N) is 1. The number of carbonyl (C=O) groups excluding carboxylic acids is 1. The van der Waals surface area contributed by atoms with Crippen LogP contribution in [0.5, 0.6) is 0 Å². The van der Waals surface area contributed by atoms with Crippen molar-refractivity contribution in [3.05, 3.63) is 56.9 Å². The van der Waals surface area contributed by atoms with Crippen LogP contribution in [0.4, 0.5) is 5.69 Å². The lowest BCUT2D eigenvalue weighted by Crippen LogP contribution is -2.26. The molecular formula is C17H17N3O3S. The molecule has 7 heteroatoms. The number of hydrogen-bond donors (Lipinski definition) is 1. The summed E-state index contributed by atoms with van der Waals surface area (Å²) in [6.07, 6.45) is 0. The van der Waals surface area contributed by atoms with Gasteiger partial charge in [-0.3, -0.25) is 9.32 Å². The maximum atomic E-state index is 12.4. The van der Waals surface area contributed by atoms with Gasteiger partial charge in [-0.25, -0.2) is 9.36 Å². The number of rotatable bonds is 4. The molecule has 0 unspecified atom stereocenters. The zero-order valence-corrected chi connectivity index (χ0v) is 14.4. The molecule has 0 radical (unpaired) electrons. The van der Waals surface area contributed by atoms with Gasteiger partial charge in [0.1, 0.15) is 6.54 Å². The monoisotopic (exact) mass is 343 g/mol. The predicted octanol–water partition coefficient (Wildman–Crippen LogP) is 3.13. The highest BCUT2D eigenvalue weighted by atomic mass is 32.1. The second-order valence-electron chi connectivity index (χ2n) is 5.66. The highest BCUT2D eigenvalue weighted by Crippen LogP contribution is 2.23. The fourth-order valence-electron chi connectivity index (χ4n) is 2.69. The van der Waals surface area contributed by atoms with Crippen LogP contribution >= 0.6 is 11.3 Å². The summed E-state index contributed by atoms with van der Waals surface area (Å²) in [5.74, 6) is -0.582. The summed E-state index contributed by atoms with van der Waals surface area (Å²) in [6, 6.07) is 7.68. The molecule has 0 saturated carbocycles. The van der Waals surface area contributed by atoms with Crippen molar-refractivity contribution in [3.63, 3.8) is 0 Å². The second kappa shape index (κ2) is 6.45. The summed E-state index contributed by atoms with van der Waals surface area (Å²) in [5.41, 5.74) is 3.88. The van der Waals surface area contributed by atoms with Gasteiger partial charge in [0.25, 0.3) is 0 Å². The number of carbonyl (C=O) groups is 1. The number of anilines is 1. The third kappa shape index (κ3) is 3.16. The molecule has 0 atom stereocenters. The van der Waals surface area contributed by atoms with E-state index in [9.17, 15) is 9.59 Å². The number of amides is 1. The zero-order chi connectivity index (χ0) is 17.3. The maximum Gasteiger partial charge on any atom is 0.442 e. The van der Waals surface area contributed by atoms with E-state index in [1.807, 2.05) is 50.4 Å². The SMILES string of the molecule is Cc1cc(C)c(NC(=O)Cn2c(-c3cccs3)noc2=O)c(C)c1. The van der Waals surface area contributed by atoms with Gasteiger partial charge in [0.05, 0.1) is 4.88 Å². The maximum absolute atomic E-state index is 12.4. The van der Waals surface area contributed by atoms with Crippen LogP contribution in [0.25, 0.3) is 10.7 Å². The Labute approximate surface area is 142 Å². The zero-order valence-electron chi connectivity index (χ0n) is 13.6. The fourth-order valence-corrected chi connectivity index (χ4v) is 3.40. The van der Waals surface area contributed by atoms with E-state index in [4.69, 9.17) is 4.52 Å². The average Bonchev–Trinajstić information content (AvgIpc) is 3.14. The molecule has 6 nitrogen and oxygen atoms in total. The standard InChI is InChI=1S/C17H17N3O3S/c1-10-7-11(2)15(12(3)8-10)18-14(21)9-20-16(19-23-17(20)22)13-5-4-6-24-13/h4-8H,9H2,1-3H3,(H,18,21). The summed E-state index contributed by atoms with van der Waals surface area (Å²) in [7, 11) is 0. The molecule has 0 aliphatic heterocycles. The molecule has 0 aliphatic rings. The Hall–Kier alpha value is -2.67. The molecule has 0 aliphatic carbocycles. The second-order valence-corrected chi connectivity index (χ2v) is 6.61. The number of nitrogens with zero attached hydrogens (tertiary/aromatic N) is 2. The van der Waals surface area contributed by atoms with Crippen molar-refractivity contribution in [1.82, 2.24) is 9.72 Å². The molecule has 2 aromatic heterocycles. The molecule has 1 aromatic carbocycles. The Morgan fingerprint density at radius 2 is 2.00 bits per heavy atom. The van der Waals surface area contributed by atoms with Gasteiger partial charge < -0.3 is 5.32 Å². The minimum Gasteiger partial charge on any atom is -0.324 e. The molecule has 1 N–H and O–H groups in total. The Morgan fingerprint density at radius 3 is 2.62 bits per heavy atom. The summed E-state index contributed by atoms with van der Waals surface area (Å²) in [4.78, 5) is 25.0. The van der Waals surface area contributed by atoms with E-state index in [2.05, 4.69) is 10.5 Å². The van der Waals surface area contributed by atoms with Gasteiger partial charge in [0.15, 0.2) is 5.82 Å². The third-order valence-corrected chi connectivity index (χ3v) is 4.54. The Balaban J connectivity index is 1.84. The van der Waals surface area contributed by atoms with Crippen LogP contribution in [0.3, 0.4) is 0 Å². The van der Waals surface area contributed by atoms with E-state index >= 15 is 0 Å². The van der Waals surface area contributed by atoms with Gasteiger partial charge in [0, 0.05) is 5.69 Å². The van der Waals surface area contributed by atoms with Crippen molar-refractivity contribution in [2.75, 3.05) is 5.32 Å². The van der Waals surface area contributed by atoms with Crippen LogP contribution in [0.15, 0.2) is 39.0 Å². The first-order valence-electron chi connectivity index (χ1n) is 7.44. The third-order valence-electron chi connectivity index (χ3n) is 3.67. The topological polar surface area (TPSA) is 77.1 Å². The summed E-state index contributed by atoms with van der Waals surface area (Å²) >= 11 is 1.43. The van der Waals surface area contributed by atoms with E-state index in [1.54, 1.807) is 0 Å². The van der Waals surface area contributed by atoms with Gasteiger partial charge in [-0.1, -0.05) is 28.9 Å².